The predicted octanol–water partition coefficient (Wildman–Crippen LogP) is 4.90. The lowest BCUT2D eigenvalue weighted by atomic mass is 10.1. The molecule has 0 bridgehead atoms. The second-order valence-corrected chi connectivity index (χ2v) is 6.63. The van der Waals surface area contributed by atoms with E-state index >= 15 is 0 Å². The van der Waals surface area contributed by atoms with Gasteiger partial charge < -0.3 is 10.5 Å². The topological polar surface area (TPSA) is 65.4 Å². The molecule has 11 heteroatoms. The third kappa shape index (κ3) is 3.82. The lowest BCUT2D eigenvalue weighted by Crippen LogP contribution is -2.30. The zero-order chi connectivity index (χ0) is 20.9. The molecule has 1 atom stereocenters. The highest BCUT2D eigenvalue weighted by atomic mass is 35.5. The molecule has 0 amide bonds. The molecular weight excluding hydrogens is 407 g/mol. The number of aryl methyl sites for hydroxylation is 1. The molecule has 0 radical (unpaired) electrons. The summed E-state index contributed by atoms with van der Waals surface area (Å²) in [7, 11) is 0. The molecule has 150 valence electrons. The molecule has 0 saturated heterocycles. The van der Waals surface area contributed by atoms with Gasteiger partial charge in [-0.25, -0.2) is 9.97 Å². The summed E-state index contributed by atoms with van der Waals surface area (Å²) in [4.78, 5) is 7.35. The molecule has 2 heterocycles. The number of nitrogens with two attached hydrogens (primary N) is 1. The molecule has 2 aromatic heterocycles. The molecule has 0 saturated carbocycles. The normalized spacial score (nSPS) is 13.7. The van der Waals surface area contributed by atoms with E-state index in [1.54, 1.807) is 13.0 Å². The lowest BCUT2D eigenvalue weighted by Gasteiger charge is -2.19. The van der Waals surface area contributed by atoms with Crippen LogP contribution in [0.1, 0.15) is 18.2 Å². The van der Waals surface area contributed by atoms with E-state index in [0.717, 1.165) is 17.5 Å². The number of halogens is 6. The number of benzene rings is 1. The summed E-state index contributed by atoms with van der Waals surface area (Å²) in [5.74, 6) is -0.317. The van der Waals surface area contributed by atoms with E-state index in [-0.39, 0.29) is 22.9 Å². The number of nitrogens with zero attached hydrogens (tertiary/aromatic N) is 3. The minimum Gasteiger partial charge on any atom is -0.483 e. The smallest absolute Gasteiger partial charge is 0.434 e. The van der Waals surface area contributed by atoms with Gasteiger partial charge in [0.2, 0.25) is 0 Å². The largest absolute Gasteiger partial charge is 0.483 e. The van der Waals surface area contributed by atoms with Crippen molar-refractivity contribution in [3.63, 3.8) is 0 Å². The Labute approximate surface area is 160 Å². The van der Waals surface area contributed by atoms with Crippen molar-refractivity contribution in [1.29, 1.82) is 0 Å². The molecular formula is C17H14ClF5N4O. The molecule has 1 unspecified atom stereocenters. The van der Waals surface area contributed by atoms with Gasteiger partial charge >= 0.3 is 11.6 Å². The Bertz CT molecular complexity index is 1030. The summed E-state index contributed by atoms with van der Waals surface area (Å²) in [6.45, 7) is 2.80. The first-order chi connectivity index (χ1) is 12.9. The Morgan fingerprint density at radius 1 is 1.21 bits per heavy atom. The van der Waals surface area contributed by atoms with Crippen LogP contribution in [-0.2, 0) is 6.18 Å². The number of alkyl halides is 6. The fourth-order valence-electron chi connectivity index (χ4n) is 2.57. The fourth-order valence-corrected chi connectivity index (χ4v) is 2.61. The minimum atomic E-state index is -4.70. The number of hydrogen-bond donors (Lipinski definition) is 1. The second-order valence-electron chi connectivity index (χ2n) is 6.12. The van der Waals surface area contributed by atoms with Gasteiger partial charge in [-0.2, -0.15) is 22.0 Å². The third-order valence-electron chi connectivity index (χ3n) is 4.07. The highest BCUT2D eigenvalue weighted by molar-refractivity contribution is 6.22. The van der Waals surface area contributed by atoms with E-state index < -0.39 is 23.4 Å². The molecule has 1 aromatic carbocycles. The van der Waals surface area contributed by atoms with Crippen LogP contribution in [0.4, 0.5) is 27.8 Å². The summed E-state index contributed by atoms with van der Waals surface area (Å²) in [5.41, 5.74) is 5.81. The van der Waals surface area contributed by atoms with Crippen LogP contribution in [0.15, 0.2) is 30.6 Å². The predicted molar refractivity (Wildman–Crippen MR) is 93.5 cm³/mol. The van der Waals surface area contributed by atoms with Crippen molar-refractivity contribution in [2.75, 3.05) is 5.73 Å². The van der Waals surface area contributed by atoms with Crippen molar-refractivity contribution in [3.8, 4) is 17.0 Å². The highest BCUT2D eigenvalue weighted by Crippen LogP contribution is 2.34. The molecule has 3 aromatic rings. The number of ether oxygens (including phenoxy) is 1. The van der Waals surface area contributed by atoms with Gasteiger partial charge in [-0.3, -0.25) is 4.40 Å². The van der Waals surface area contributed by atoms with E-state index in [1.165, 1.54) is 18.3 Å². The van der Waals surface area contributed by atoms with Crippen LogP contribution in [0.25, 0.3) is 16.9 Å². The Balaban J connectivity index is 2.12. The van der Waals surface area contributed by atoms with Crippen molar-refractivity contribution in [2.45, 2.75) is 31.5 Å². The number of fused-ring (bicyclic) bond motifs is 1. The Morgan fingerprint density at radius 2 is 1.89 bits per heavy atom. The minimum absolute atomic E-state index is 0.0365. The summed E-state index contributed by atoms with van der Waals surface area (Å²) in [6.07, 6.45) is -4.23. The summed E-state index contributed by atoms with van der Waals surface area (Å²) in [5, 5.41) is -3.59. The Kier molecular flexibility index (Phi) is 4.86. The quantitative estimate of drug-likeness (QED) is 0.481. The lowest BCUT2D eigenvalue weighted by molar-refractivity contribution is -0.141. The van der Waals surface area contributed by atoms with Crippen LogP contribution in [0.5, 0.6) is 5.75 Å². The zero-order valence-corrected chi connectivity index (χ0v) is 15.3. The molecule has 0 spiro atoms. The molecule has 28 heavy (non-hydrogen) atoms. The maximum Gasteiger partial charge on any atom is 0.434 e. The summed E-state index contributed by atoms with van der Waals surface area (Å²) >= 11 is 4.96. The maximum atomic E-state index is 13.2. The van der Waals surface area contributed by atoms with Gasteiger partial charge in [0.05, 0.1) is 11.9 Å². The van der Waals surface area contributed by atoms with E-state index in [1.807, 2.05) is 0 Å². The second kappa shape index (κ2) is 6.77. The molecule has 2 N–H and O–H groups in total. The molecule has 5 nitrogen and oxygen atoms in total. The van der Waals surface area contributed by atoms with Crippen LogP contribution < -0.4 is 10.5 Å². The molecule has 0 aliphatic carbocycles. The number of rotatable bonds is 4. The average Bonchev–Trinajstić information content (AvgIpc) is 2.99. The average molecular weight is 421 g/mol. The van der Waals surface area contributed by atoms with Crippen molar-refractivity contribution in [2.24, 2.45) is 0 Å². The maximum absolute atomic E-state index is 13.2. The van der Waals surface area contributed by atoms with E-state index in [0.29, 0.717) is 11.1 Å². The Hall–Kier alpha value is -2.62. The standard InChI is InChI=1S/C17H14ClF5N4O/c1-8-3-4-10(28-9(2)16(18,19)20)5-11(8)12-6-25-15-14(24)26-13(7-27(12)15)17(21,22)23/h3-7,9H,1-2H3,(H2,24,26). The first-order valence-corrected chi connectivity index (χ1v) is 8.31. The van der Waals surface area contributed by atoms with Crippen molar-refractivity contribution < 1.29 is 26.7 Å². The molecule has 0 aliphatic heterocycles. The van der Waals surface area contributed by atoms with Crippen LogP contribution in [-0.4, -0.2) is 25.9 Å². The van der Waals surface area contributed by atoms with E-state index in [2.05, 4.69) is 9.97 Å². The van der Waals surface area contributed by atoms with Crippen molar-refractivity contribution in [3.05, 3.63) is 41.9 Å². The molecule has 0 aliphatic rings. The fraction of sp³-hybridized carbons (Fsp3) is 0.294. The number of aromatic nitrogens is 3. The number of anilines is 1. The number of hydrogen-bond acceptors (Lipinski definition) is 4. The van der Waals surface area contributed by atoms with Crippen LogP contribution in [0.3, 0.4) is 0 Å². The monoisotopic (exact) mass is 420 g/mol. The van der Waals surface area contributed by atoms with Gasteiger partial charge in [-0.1, -0.05) is 6.07 Å². The third-order valence-corrected chi connectivity index (χ3v) is 4.37. The van der Waals surface area contributed by atoms with E-state index in [4.69, 9.17) is 22.1 Å². The number of imidazole rings is 1. The first-order valence-electron chi connectivity index (χ1n) is 7.93. The van der Waals surface area contributed by atoms with Gasteiger partial charge in [-0.05, 0) is 43.1 Å². The molecule has 0 fully saturated rings. The Morgan fingerprint density at radius 3 is 2.50 bits per heavy atom. The number of nitrogen functional groups attached to an aromatic ring is 1. The van der Waals surface area contributed by atoms with Gasteiger partial charge in [-0.15, -0.1) is 0 Å². The SMILES string of the molecule is Cc1ccc(OC(C)C(F)(F)Cl)cc1-c1cnc2c(N)nc(C(F)(F)F)cn12. The van der Waals surface area contributed by atoms with Gasteiger partial charge in [0.15, 0.2) is 23.3 Å². The van der Waals surface area contributed by atoms with Gasteiger partial charge in [0, 0.05) is 11.8 Å². The summed E-state index contributed by atoms with van der Waals surface area (Å²) in [6, 6.07) is 4.46. The van der Waals surface area contributed by atoms with Crippen LogP contribution >= 0.6 is 11.6 Å². The first kappa shape index (κ1) is 20.1. The highest BCUT2D eigenvalue weighted by Gasteiger charge is 2.36. The summed E-state index contributed by atoms with van der Waals surface area (Å²) < 4.78 is 71.9. The van der Waals surface area contributed by atoms with Crippen molar-refractivity contribution >= 4 is 23.1 Å². The van der Waals surface area contributed by atoms with Crippen LogP contribution in [0.2, 0.25) is 0 Å². The van der Waals surface area contributed by atoms with Crippen LogP contribution in [0, 0.1) is 6.92 Å². The zero-order valence-electron chi connectivity index (χ0n) is 14.6. The van der Waals surface area contributed by atoms with Gasteiger partial charge in [0.25, 0.3) is 0 Å². The van der Waals surface area contributed by atoms with Crippen molar-refractivity contribution in [1.82, 2.24) is 14.4 Å². The molecule has 3 rings (SSSR count). The van der Waals surface area contributed by atoms with Gasteiger partial charge in [0.1, 0.15) is 5.75 Å². The van der Waals surface area contributed by atoms with E-state index in [9.17, 15) is 22.0 Å².